The number of nitrogens with zero attached hydrogens (tertiary/aromatic N) is 3. The second-order valence-electron chi connectivity index (χ2n) is 11.0. The number of hydrogen-bond donors (Lipinski definition) is 2. The average Bonchev–Trinajstić information content (AvgIpc) is 3.38. The molecular weight excluding hydrogens is 510 g/mol. The van der Waals surface area contributed by atoms with Crippen LogP contribution in [0.4, 0.5) is 0 Å². The summed E-state index contributed by atoms with van der Waals surface area (Å²) in [4.78, 5) is 13.2. The van der Waals surface area contributed by atoms with Crippen LogP contribution in [0.1, 0.15) is 48.2 Å². The summed E-state index contributed by atoms with van der Waals surface area (Å²) >= 11 is 0. The molecule has 0 aliphatic heterocycles. The van der Waals surface area contributed by atoms with Crippen LogP contribution in [-0.2, 0) is 30.6 Å². The SMILES string of the molecule is COc1ccc(Cn2c(CCc3ccccc3)nnc2[C@@H](Cc2ccc3ccccc3c2)NC(=O)C(C)(C)N)cc1. The van der Waals surface area contributed by atoms with Gasteiger partial charge in [-0.2, -0.15) is 0 Å². The number of ether oxygens (including phenoxy) is 1. The van der Waals surface area contributed by atoms with Crippen LogP contribution < -0.4 is 15.8 Å². The van der Waals surface area contributed by atoms with Crippen molar-refractivity contribution in [2.45, 2.75) is 51.2 Å². The molecule has 3 N–H and O–H groups in total. The van der Waals surface area contributed by atoms with E-state index in [4.69, 9.17) is 10.5 Å². The molecule has 0 fully saturated rings. The van der Waals surface area contributed by atoms with E-state index in [2.05, 4.69) is 62.5 Å². The van der Waals surface area contributed by atoms with Gasteiger partial charge in [0.25, 0.3) is 0 Å². The molecular formula is C34H37N5O2. The lowest BCUT2D eigenvalue weighted by Crippen LogP contribution is -2.50. The Morgan fingerprint density at radius 1 is 0.854 bits per heavy atom. The fourth-order valence-corrected chi connectivity index (χ4v) is 4.93. The number of aromatic nitrogens is 3. The summed E-state index contributed by atoms with van der Waals surface area (Å²) in [5.41, 5.74) is 8.58. The monoisotopic (exact) mass is 547 g/mol. The maximum Gasteiger partial charge on any atom is 0.240 e. The number of methoxy groups -OCH3 is 1. The molecule has 0 unspecified atom stereocenters. The zero-order chi connectivity index (χ0) is 28.8. The van der Waals surface area contributed by atoms with Crippen LogP contribution in [0.3, 0.4) is 0 Å². The first-order valence-corrected chi connectivity index (χ1v) is 14.0. The van der Waals surface area contributed by atoms with Gasteiger partial charge in [-0.25, -0.2) is 0 Å². The molecule has 4 aromatic carbocycles. The lowest BCUT2D eigenvalue weighted by molar-refractivity contribution is -0.126. The highest BCUT2D eigenvalue weighted by atomic mass is 16.5. The molecule has 0 aliphatic rings. The summed E-state index contributed by atoms with van der Waals surface area (Å²) in [6, 6.07) is 32.6. The van der Waals surface area contributed by atoms with E-state index in [1.54, 1.807) is 21.0 Å². The Labute approximate surface area is 241 Å². The largest absolute Gasteiger partial charge is 0.497 e. The predicted molar refractivity (Wildman–Crippen MR) is 163 cm³/mol. The van der Waals surface area contributed by atoms with Crippen LogP contribution in [0.15, 0.2) is 97.1 Å². The minimum absolute atomic E-state index is 0.242. The summed E-state index contributed by atoms with van der Waals surface area (Å²) in [7, 11) is 1.66. The van der Waals surface area contributed by atoms with Gasteiger partial charge in [-0.15, -0.1) is 10.2 Å². The van der Waals surface area contributed by atoms with Gasteiger partial charge < -0.3 is 20.4 Å². The fourth-order valence-electron chi connectivity index (χ4n) is 4.93. The van der Waals surface area contributed by atoms with E-state index in [9.17, 15) is 4.79 Å². The molecule has 0 saturated heterocycles. The number of rotatable bonds is 11. The van der Waals surface area contributed by atoms with Crippen LogP contribution >= 0.6 is 0 Å². The summed E-state index contributed by atoms with van der Waals surface area (Å²) in [6.45, 7) is 3.98. The summed E-state index contributed by atoms with van der Waals surface area (Å²) in [5, 5.41) is 14.9. The van der Waals surface area contributed by atoms with Crippen LogP contribution in [0.25, 0.3) is 10.8 Å². The van der Waals surface area contributed by atoms with E-state index in [1.165, 1.54) is 10.9 Å². The smallest absolute Gasteiger partial charge is 0.240 e. The molecule has 0 spiro atoms. The zero-order valence-corrected chi connectivity index (χ0v) is 23.9. The maximum absolute atomic E-state index is 13.2. The Balaban J connectivity index is 1.52. The van der Waals surface area contributed by atoms with Crippen LogP contribution in [0.2, 0.25) is 0 Å². The number of amides is 1. The Bertz CT molecular complexity index is 1600. The average molecular weight is 548 g/mol. The zero-order valence-electron chi connectivity index (χ0n) is 23.9. The van der Waals surface area contributed by atoms with Crippen molar-refractivity contribution in [1.82, 2.24) is 20.1 Å². The number of hydrogen-bond acceptors (Lipinski definition) is 5. The molecule has 0 radical (unpaired) electrons. The van der Waals surface area contributed by atoms with Crippen molar-refractivity contribution in [2.75, 3.05) is 7.11 Å². The lowest BCUT2D eigenvalue weighted by Gasteiger charge is -2.25. The van der Waals surface area contributed by atoms with E-state index < -0.39 is 11.6 Å². The van der Waals surface area contributed by atoms with Crippen LogP contribution in [0, 0.1) is 0 Å². The van der Waals surface area contributed by atoms with Crippen molar-refractivity contribution in [2.24, 2.45) is 5.73 Å². The molecule has 7 heteroatoms. The molecule has 5 aromatic rings. The molecule has 1 aromatic heterocycles. The predicted octanol–water partition coefficient (Wildman–Crippen LogP) is 5.41. The molecule has 5 rings (SSSR count). The first-order chi connectivity index (χ1) is 19.8. The minimum Gasteiger partial charge on any atom is -0.497 e. The topological polar surface area (TPSA) is 95.1 Å². The number of nitrogens with one attached hydrogen (secondary N) is 1. The third kappa shape index (κ3) is 6.99. The molecule has 0 saturated carbocycles. The van der Waals surface area contributed by atoms with Crippen LogP contribution in [0.5, 0.6) is 5.75 Å². The Hall–Kier alpha value is -4.49. The molecule has 41 heavy (non-hydrogen) atoms. The van der Waals surface area contributed by atoms with E-state index >= 15 is 0 Å². The molecule has 0 aliphatic carbocycles. The third-order valence-corrected chi connectivity index (χ3v) is 7.29. The molecule has 1 amide bonds. The van der Waals surface area contributed by atoms with Gasteiger partial charge in [0.2, 0.25) is 5.91 Å². The van der Waals surface area contributed by atoms with E-state index in [-0.39, 0.29) is 5.91 Å². The number of carbonyl (C=O) groups is 1. The normalized spacial score (nSPS) is 12.3. The number of nitrogens with two attached hydrogens (primary N) is 1. The Morgan fingerprint density at radius 2 is 1.54 bits per heavy atom. The van der Waals surface area contributed by atoms with Gasteiger partial charge in [0.1, 0.15) is 11.6 Å². The van der Waals surface area contributed by atoms with Crippen molar-refractivity contribution < 1.29 is 9.53 Å². The molecule has 1 atom stereocenters. The van der Waals surface area contributed by atoms with Crippen molar-refractivity contribution in [3.63, 3.8) is 0 Å². The molecule has 7 nitrogen and oxygen atoms in total. The summed E-state index contributed by atoms with van der Waals surface area (Å²) in [5.74, 6) is 2.13. The number of benzene rings is 4. The molecule has 210 valence electrons. The van der Waals surface area contributed by atoms with Crippen LogP contribution in [-0.4, -0.2) is 33.3 Å². The van der Waals surface area contributed by atoms with Crippen molar-refractivity contribution in [3.8, 4) is 5.75 Å². The number of aryl methyl sites for hydroxylation is 2. The highest BCUT2D eigenvalue weighted by Gasteiger charge is 2.29. The van der Waals surface area contributed by atoms with E-state index in [1.807, 2.05) is 54.6 Å². The van der Waals surface area contributed by atoms with Gasteiger partial charge in [-0.05, 0) is 66.3 Å². The van der Waals surface area contributed by atoms with Crippen molar-refractivity contribution in [1.29, 1.82) is 0 Å². The van der Waals surface area contributed by atoms with Gasteiger partial charge >= 0.3 is 0 Å². The molecule has 0 bridgehead atoms. The maximum atomic E-state index is 13.2. The first kappa shape index (κ1) is 28.1. The number of fused-ring (bicyclic) bond motifs is 1. The van der Waals surface area contributed by atoms with Gasteiger partial charge in [0.15, 0.2) is 5.82 Å². The van der Waals surface area contributed by atoms with Gasteiger partial charge in [0.05, 0.1) is 25.2 Å². The fraction of sp³-hybridized carbons (Fsp3) is 0.265. The quantitative estimate of drug-likeness (QED) is 0.231. The first-order valence-electron chi connectivity index (χ1n) is 14.0. The van der Waals surface area contributed by atoms with E-state index in [0.717, 1.165) is 34.5 Å². The second kappa shape index (κ2) is 12.4. The Morgan fingerprint density at radius 3 is 2.24 bits per heavy atom. The lowest BCUT2D eigenvalue weighted by atomic mass is 9.99. The highest BCUT2D eigenvalue weighted by molar-refractivity contribution is 5.85. The standard InChI is InChI=1S/C34H37N5O2/c1-34(2,35)33(40)36-30(22-26-13-17-27-11-7-8-12-28(27)21-26)32-38-37-31(20-16-24-9-5-4-6-10-24)39(32)23-25-14-18-29(41-3)19-15-25/h4-15,17-19,21,30H,16,20,22-23,35H2,1-3H3,(H,36,40)/t30-/m1/s1. The van der Waals surface area contributed by atoms with E-state index in [0.29, 0.717) is 25.2 Å². The summed E-state index contributed by atoms with van der Waals surface area (Å²) in [6.07, 6.45) is 2.09. The summed E-state index contributed by atoms with van der Waals surface area (Å²) < 4.78 is 7.50. The van der Waals surface area contributed by atoms with Gasteiger partial charge in [0, 0.05) is 6.42 Å². The minimum atomic E-state index is -1.04. The highest BCUT2D eigenvalue weighted by Crippen LogP contribution is 2.24. The van der Waals surface area contributed by atoms with Crippen molar-refractivity contribution >= 4 is 16.7 Å². The third-order valence-electron chi connectivity index (χ3n) is 7.29. The molecule has 1 heterocycles. The van der Waals surface area contributed by atoms with Crippen molar-refractivity contribution in [3.05, 3.63) is 125 Å². The Kier molecular flexibility index (Phi) is 8.45. The number of carbonyl (C=O) groups excluding carboxylic acids is 1. The van der Waals surface area contributed by atoms with Gasteiger partial charge in [-0.3, -0.25) is 4.79 Å². The second-order valence-corrected chi connectivity index (χ2v) is 11.0. The van der Waals surface area contributed by atoms with Gasteiger partial charge in [-0.1, -0.05) is 84.9 Å².